The highest BCUT2D eigenvalue weighted by molar-refractivity contribution is 5.64. The summed E-state index contributed by atoms with van der Waals surface area (Å²) in [6, 6.07) is 11.9. The molecule has 2 N–H and O–H groups in total. The van der Waals surface area contributed by atoms with Crippen LogP contribution in [0.5, 0.6) is 5.75 Å². The number of halogens is 3. The van der Waals surface area contributed by atoms with Crippen LogP contribution in [0.3, 0.4) is 0 Å². The van der Waals surface area contributed by atoms with E-state index in [1.165, 1.54) is 18.2 Å². The average Bonchev–Trinajstić information content (AvgIpc) is 2.75. The summed E-state index contributed by atoms with van der Waals surface area (Å²) in [5.41, 5.74) is -0.733. The second-order valence-electron chi connectivity index (χ2n) is 6.74. The van der Waals surface area contributed by atoms with E-state index in [0.29, 0.717) is 24.2 Å². The molecule has 0 spiro atoms. The van der Waals surface area contributed by atoms with Crippen molar-refractivity contribution in [3.05, 3.63) is 70.4 Å². The first-order valence-corrected chi connectivity index (χ1v) is 9.72. The van der Waals surface area contributed by atoms with Gasteiger partial charge in [0.05, 0.1) is 11.5 Å². The highest BCUT2D eigenvalue weighted by atomic mass is 19.4. The monoisotopic (exact) mass is 447 g/mol. The van der Waals surface area contributed by atoms with E-state index in [4.69, 9.17) is 4.74 Å². The summed E-state index contributed by atoms with van der Waals surface area (Å²) in [6.45, 7) is 2.65. The van der Waals surface area contributed by atoms with Crippen molar-refractivity contribution >= 4 is 28.8 Å². The van der Waals surface area contributed by atoms with Crippen LogP contribution in [-0.4, -0.2) is 21.5 Å². The Balaban J connectivity index is 1.82. The minimum atomic E-state index is -4.72. The summed E-state index contributed by atoms with van der Waals surface area (Å²) >= 11 is 0. The molecule has 0 radical (unpaired) electrons. The van der Waals surface area contributed by atoms with E-state index in [1.54, 1.807) is 24.3 Å². The maximum absolute atomic E-state index is 13.4. The lowest BCUT2D eigenvalue weighted by Gasteiger charge is -2.15. The number of hydrogen-bond acceptors (Lipinski definition) is 7. The number of benzene rings is 2. The zero-order chi connectivity index (χ0) is 23.1. The zero-order valence-electron chi connectivity index (χ0n) is 17.0. The van der Waals surface area contributed by atoms with Gasteiger partial charge in [0.25, 0.3) is 5.69 Å². The van der Waals surface area contributed by atoms with E-state index in [0.717, 1.165) is 18.9 Å². The summed E-state index contributed by atoms with van der Waals surface area (Å²) < 4.78 is 45.9. The number of nitrogens with zero attached hydrogens (tertiary/aromatic N) is 3. The van der Waals surface area contributed by atoms with Crippen LogP contribution in [0.25, 0.3) is 0 Å². The highest BCUT2D eigenvalue weighted by Gasteiger charge is 2.35. The van der Waals surface area contributed by atoms with Crippen LogP contribution in [-0.2, 0) is 6.18 Å². The number of non-ortho nitro benzene ring substituents is 1. The van der Waals surface area contributed by atoms with Crippen molar-refractivity contribution in [2.24, 2.45) is 0 Å². The molecule has 32 heavy (non-hydrogen) atoms. The molecule has 8 nitrogen and oxygen atoms in total. The number of rotatable bonds is 9. The summed E-state index contributed by atoms with van der Waals surface area (Å²) in [7, 11) is 0. The van der Waals surface area contributed by atoms with E-state index < -0.39 is 22.5 Å². The fourth-order valence-corrected chi connectivity index (χ4v) is 2.68. The highest BCUT2D eigenvalue weighted by Crippen LogP contribution is 2.35. The van der Waals surface area contributed by atoms with Gasteiger partial charge in [-0.1, -0.05) is 19.4 Å². The van der Waals surface area contributed by atoms with Crippen LogP contribution in [0.15, 0.2) is 54.7 Å². The predicted octanol–water partition coefficient (Wildman–Crippen LogP) is 6.07. The quantitative estimate of drug-likeness (QED) is 0.233. The van der Waals surface area contributed by atoms with Crippen molar-refractivity contribution in [2.75, 3.05) is 17.2 Å². The number of hydrogen-bond donors (Lipinski definition) is 2. The minimum Gasteiger partial charge on any atom is -0.494 e. The molecule has 2 aromatic carbocycles. The third-order valence-electron chi connectivity index (χ3n) is 4.29. The Morgan fingerprint density at radius 2 is 1.84 bits per heavy atom. The van der Waals surface area contributed by atoms with Gasteiger partial charge >= 0.3 is 6.18 Å². The van der Waals surface area contributed by atoms with Gasteiger partial charge in [-0.2, -0.15) is 18.2 Å². The van der Waals surface area contributed by atoms with E-state index in [9.17, 15) is 23.3 Å². The lowest BCUT2D eigenvalue weighted by atomic mass is 10.2. The van der Waals surface area contributed by atoms with Crippen LogP contribution in [0.4, 0.5) is 42.0 Å². The Bertz CT molecular complexity index is 1080. The van der Waals surface area contributed by atoms with Gasteiger partial charge < -0.3 is 15.4 Å². The molecule has 168 valence electrons. The molecule has 0 unspecified atom stereocenters. The molecule has 3 rings (SSSR count). The normalized spacial score (nSPS) is 11.1. The van der Waals surface area contributed by atoms with Crippen LogP contribution < -0.4 is 15.4 Å². The van der Waals surface area contributed by atoms with Crippen molar-refractivity contribution in [3.8, 4) is 5.75 Å². The van der Waals surface area contributed by atoms with Crippen molar-refractivity contribution in [1.29, 1.82) is 0 Å². The van der Waals surface area contributed by atoms with Gasteiger partial charge in [-0.25, -0.2) is 4.98 Å². The molecule has 0 atom stereocenters. The maximum atomic E-state index is 13.4. The smallest absolute Gasteiger partial charge is 0.421 e. The van der Waals surface area contributed by atoms with Crippen molar-refractivity contribution in [1.82, 2.24) is 9.97 Å². The molecule has 0 saturated carbocycles. The molecule has 0 saturated heterocycles. The molecule has 11 heteroatoms. The number of anilines is 4. The first-order chi connectivity index (χ1) is 15.3. The molecule has 0 bridgehead atoms. The summed E-state index contributed by atoms with van der Waals surface area (Å²) in [6.07, 6.45) is -2.13. The Labute approximate surface area is 181 Å². The van der Waals surface area contributed by atoms with E-state index in [-0.39, 0.29) is 17.3 Å². The molecule has 3 aromatic rings. The molecule has 0 aliphatic heterocycles. The maximum Gasteiger partial charge on any atom is 0.421 e. The fourth-order valence-electron chi connectivity index (χ4n) is 2.68. The number of nitro benzene ring substituents is 1. The number of nitrogens with one attached hydrogen (secondary N) is 2. The SMILES string of the molecule is CCCCOc1ccc(Nc2ncc(C(F)(F)F)c(Nc3cccc([N+](=O)[O-])c3)n2)cc1. The lowest BCUT2D eigenvalue weighted by Crippen LogP contribution is -2.12. The van der Waals surface area contributed by atoms with Crippen LogP contribution in [0, 0.1) is 10.1 Å². The number of alkyl halides is 3. The van der Waals surface area contributed by atoms with Crippen LogP contribution >= 0.6 is 0 Å². The molecular weight excluding hydrogens is 427 g/mol. The van der Waals surface area contributed by atoms with E-state index in [2.05, 4.69) is 27.5 Å². The summed E-state index contributed by atoms with van der Waals surface area (Å²) in [4.78, 5) is 18.0. The number of unbranched alkanes of at least 4 members (excludes halogenated alkanes) is 1. The predicted molar refractivity (Wildman–Crippen MR) is 114 cm³/mol. The zero-order valence-corrected chi connectivity index (χ0v) is 17.0. The third kappa shape index (κ3) is 6.06. The van der Waals surface area contributed by atoms with Crippen molar-refractivity contribution in [2.45, 2.75) is 25.9 Å². The van der Waals surface area contributed by atoms with E-state index in [1.807, 2.05) is 0 Å². The Morgan fingerprint density at radius 1 is 1.09 bits per heavy atom. The van der Waals surface area contributed by atoms with Gasteiger partial charge in [0, 0.05) is 29.7 Å². The summed E-state index contributed by atoms with van der Waals surface area (Å²) in [5, 5.41) is 16.3. The Morgan fingerprint density at radius 3 is 2.50 bits per heavy atom. The summed E-state index contributed by atoms with van der Waals surface area (Å²) in [5.74, 6) is 0.0611. The minimum absolute atomic E-state index is 0.0782. The lowest BCUT2D eigenvalue weighted by molar-refractivity contribution is -0.384. The van der Waals surface area contributed by atoms with E-state index >= 15 is 0 Å². The molecule has 1 heterocycles. The molecule has 1 aromatic heterocycles. The number of aromatic nitrogens is 2. The third-order valence-corrected chi connectivity index (χ3v) is 4.29. The topological polar surface area (TPSA) is 102 Å². The van der Waals surface area contributed by atoms with Crippen LogP contribution in [0.1, 0.15) is 25.3 Å². The van der Waals surface area contributed by atoms with Gasteiger partial charge in [-0.3, -0.25) is 10.1 Å². The van der Waals surface area contributed by atoms with Gasteiger partial charge in [-0.05, 0) is 36.8 Å². The van der Waals surface area contributed by atoms with Crippen molar-refractivity contribution in [3.63, 3.8) is 0 Å². The Hall–Kier alpha value is -3.89. The average molecular weight is 447 g/mol. The Kier molecular flexibility index (Phi) is 7.08. The van der Waals surface area contributed by atoms with Gasteiger partial charge in [0.2, 0.25) is 5.95 Å². The van der Waals surface area contributed by atoms with Gasteiger partial charge in [-0.15, -0.1) is 0 Å². The molecule has 0 amide bonds. The fraction of sp³-hybridized carbons (Fsp3) is 0.238. The van der Waals surface area contributed by atoms with Crippen molar-refractivity contribution < 1.29 is 22.8 Å². The second-order valence-corrected chi connectivity index (χ2v) is 6.74. The first-order valence-electron chi connectivity index (χ1n) is 9.72. The molecule has 0 aliphatic rings. The molecule has 0 aliphatic carbocycles. The van der Waals surface area contributed by atoms with Gasteiger partial charge in [0.1, 0.15) is 17.1 Å². The van der Waals surface area contributed by atoms with Crippen LogP contribution in [0.2, 0.25) is 0 Å². The van der Waals surface area contributed by atoms with Gasteiger partial charge in [0.15, 0.2) is 0 Å². The molecule has 0 fully saturated rings. The first kappa shape index (κ1) is 22.8. The number of ether oxygens (including phenoxy) is 1. The largest absolute Gasteiger partial charge is 0.494 e. The second kappa shape index (κ2) is 9.94. The molecular formula is C21H20F3N5O3. The number of nitro groups is 1. The standard InChI is InChI=1S/C21H20F3N5O3/c1-2-3-11-32-17-9-7-14(8-10-17)27-20-25-13-18(21(22,23)24)19(28-20)26-15-5-4-6-16(12-15)29(30)31/h4-10,12-13H,2-3,11H2,1H3,(H2,25,26,27,28).